The summed E-state index contributed by atoms with van der Waals surface area (Å²) < 4.78 is 5.30. The molecule has 1 rings (SSSR count). The van der Waals surface area contributed by atoms with E-state index in [1.807, 2.05) is 0 Å². The number of carbonyl (C=O) groups is 2. The summed E-state index contributed by atoms with van der Waals surface area (Å²) in [5, 5.41) is 20.7. The molecule has 7 N–H and O–H groups in total. The minimum atomic E-state index is -1.02. The second-order valence-corrected chi connectivity index (χ2v) is 4.23. The lowest BCUT2D eigenvalue weighted by molar-refractivity contribution is -0.136. The topological polar surface area (TPSA) is 160 Å². The number of nitrogens with zero attached hydrogens (tertiary/aromatic N) is 1. The van der Waals surface area contributed by atoms with Crippen LogP contribution in [0.3, 0.4) is 0 Å². The van der Waals surface area contributed by atoms with Crippen molar-refractivity contribution in [2.24, 2.45) is 16.5 Å². The number of carboxylic acid groups (broad SMARTS) is 1. The number of rotatable bonds is 8. The van der Waals surface area contributed by atoms with Crippen molar-refractivity contribution in [2.45, 2.75) is 6.42 Å². The van der Waals surface area contributed by atoms with Crippen LogP contribution in [0.2, 0.25) is 0 Å². The van der Waals surface area contributed by atoms with Crippen molar-refractivity contribution in [3.8, 4) is 11.5 Å². The molecule has 0 fully saturated rings. The molecule has 0 bridgehead atoms. The van der Waals surface area contributed by atoms with Crippen LogP contribution in [0.15, 0.2) is 23.2 Å². The Kier molecular flexibility index (Phi) is 6.48. The number of aromatic hydroxyl groups is 1. The summed E-state index contributed by atoms with van der Waals surface area (Å²) in [5.41, 5.74) is 10.3. The van der Waals surface area contributed by atoms with Crippen LogP contribution in [0.1, 0.15) is 16.8 Å². The molecule has 9 nitrogen and oxygen atoms in total. The van der Waals surface area contributed by atoms with Gasteiger partial charge in [-0.25, -0.2) is 0 Å². The normalized spacial score (nSPS) is 9.82. The fraction of sp³-hybridized carbons (Fsp3) is 0.308. The monoisotopic (exact) mass is 310 g/mol. The van der Waals surface area contributed by atoms with Crippen LogP contribution in [0, 0.1) is 0 Å². The molecule has 0 heterocycles. The average molecular weight is 310 g/mol. The number of phenolic OH excluding ortho intramolecular Hbond substituents is 1. The number of nitrogens with two attached hydrogens (primary N) is 2. The van der Waals surface area contributed by atoms with E-state index < -0.39 is 11.9 Å². The number of amides is 1. The second kappa shape index (κ2) is 8.35. The van der Waals surface area contributed by atoms with E-state index in [1.54, 1.807) is 0 Å². The number of hydrogen-bond acceptors (Lipinski definition) is 5. The molecule has 0 spiro atoms. The first-order chi connectivity index (χ1) is 10.4. The van der Waals surface area contributed by atoms with Gasteiger partial charge in [-0.05, 0) is 12.1 Å². The Hall–Kier alpha value is -2.97. The number of nitrogens with one attached hydrogen (secondary N) is 1. The maximum atomic E-state index is 11.7. The van der Waals surface area contributed by atoms with Gasteiger partial charge in [-0.2, -0.15) is 0 Å². The van der Waals surface area contributed by atoms with E-state index >= 15 is 0 Å². The number of guanidine groups is 1. The summed E-state index contributed by atoms with van der Waals surface area (Å²) in [6, 6.07) is 4.16. The van der Waals surface area contributed by atoms with E-state index in [4.69, 9.17) is 21.3 Å². The zero-order chi connectivity index (χ0) is 16.5. The standard InChI is InChI=1S/C13H18N4O5/c14-13(15)17-5-6-22-8-1-2-9(10(18)7-8)12(21)16-4-3-11(19)20/h1-2,7,18H,3-6H2,(H,16,21)(H,19,20)(H4,14,15,17). The number of hydrogen-bond donors (Lipinski definition) is 5. The highest BCUT2D eigenvalue weighted by Gasteiger charge is 2.12. The van der Waals surface area contributed by atoms with Gasteiger partial charge < -0.3 is 31.7 Å². The molecule has 0 aliphatic rings. The highest BCUT2D eigenvalue weighted by Crippen LogP contribution is 2.23. The van der Waals surface area contributed by atoms with Crippen LogP contribution < -0.4 is 21.5 Å². The van der Waals surface area contributed by atoms with Crippen LogP contribution in [0.4, 0.5) is 0 Å². The zero-order valence-electron chi connectivity index (χ0n) is 11.8. The molecule has 1 aromatic carbocycles. The van der Waals surface area contributed by atoms with Crippen LogP contribution in [0.5, 0.6) is 11.5 Å². The van der Waals surface area contributed by atoms with Crippen molar-refractivity contribution in [1.29, 1.82) is 0 Å². The molecule has 0 aliphatic carbocycles. The minimum absolute atomic E-state index is 0.0234. The lowest BCUT2D eigenvalue weighted by Crippen LogP contribution is -2.26. The van der Waals surface area contributed by atoms with Gasteiger partial charge in [-0.3, -0.25) is 14.6 Å². The van der Waals surface area contributed by atoms with Crippen LogP contribution >= 0.6 is 0 Å². The summed E-state index contributed by atoms with van der Waals surface area (Å²) in [6.45, 7) is 0.451. The molecular weight excluding hydrogens is 292 g/mol. The third-order valence-corrected chi connectivity index (χ3v) is 2.49. The number of phenols is 1. The van der Waals surface area contributed by atoms with Crippen molar-refractivity contribution in [3.63, 3.8) is 0 Å². The SMILES string of the molecule is NC(N)=NCCOc1ccc(C(=O)NCCC(=O)O)c(O)c1. The van der Waals surface area contributed by atoms with Gasteiger partial charge in [-0.1, -0.05) is 0 Å². The molecule has 22 heavy (non-hydrogen) atoms. The molecule has 0 aromatic heterocycles. The van der Waals surface area contributed by atoms with Gasteiger partial charge >= 0.3 is 5.97 Å². The quantitative estimate of drug-likeness (QED) is 0.240. The molecule has 0 atom stereocenters. The van der Waals surface area contributed by atoms with E-state index in [0.29, 0.717) is 5.75 Å². The first-order valence-corrected chi connectivity index (χ1v) is 6.41. The van der Waals surface area contributed by atoms with E-state index in [-0.39, 0.29) is 43.4 Å². The number of aliphatic imine (C=N–C) groups is 1. The van der Waals surface area contributed by atoms with Gasteiger partial charge in [0.25, 0.3) is 5.91 Å². The van der Waals surface area contributed by atoms with E-state index in [9.17, 15) is 14.7 Å². The van der Waals surface area contributed by atoms with Crippen molar-refractivity contribution >= 4 is 17.8 Å². The Balaban J connectivity index is 2.55. The number of aliphatic carboxylic acids is 1. The molecule has 0 unspecified atom stereocenters. The number of benzene rings is 1. The average Bonchev–Trinajstić information content (AvgIpc) is 2.43. The summed E-state index contributed by atoms with van der Waals surface area (Å²) in [4.78, 5) is 25.8. The Morgan fingerprint density at radius 2 is 2.05 bits per heavy atom. The largest absolute Gasteiger partial charge is 0.507 e. The van der Waals surface area contributed by atoms with Crippen molar-refractivity contribution in [3.05, 3.63) is 23.8 Å². The van der Waals surface area contributed by atoms with E-state index in [0.717, 1.165) is 0 Å². The van der Waals surface area contributed by atoms with Crippen LogP contribution in [-0.2, 0) is 4.79 Å². The van der Waals surface area contributed by atoms with Gasteiger partial charge in [0.05, 0.1) is 18.5 Å². The van der Waals surface area contributed by atoms with Crippen molar-refractivity contribution in [1.82, 2.24) is 5.32 Å². The Bertz CT molecular complexity index is 570. The fourth-order valence-corrected chi connectivity index (χ4v) is 1.51. The summed E-state index contributed by atoms with van der Waals surface area (Å²) in [6.07, 6.45) is -0.196. The van der Waals surface area contributed by atoms with Gasteiger partial charge in [-0.15, -0.1) is 0 Å². The first-order valence-electron chi connectivity index (χ1n) is 6.41. The van der Waals surface area contributed by atoms with Crippen LogP contribution in [-0.4, -0.2) is 47.7 Å². The lowest BCUT2D eigenvalue weighted by Gasteiger charge is -2.09. The molecule has 0 saturated heterocycles. The molecule has 0 radical (unpaired) electrons. The second-order valence-electron chi connectivity index (χ2n) is 4.23. The maximum Gasteiger partial charge on any atom is 0.305 e. The highest BCUT2D eigenvalue weighted by molar-refractivity contribution is 5.97. The van der Waals surface area contributed by atoms with Gasteiger partial charge in [0, 0.05) is 12.6 Å². The zero-order valence-corrected chi connectivity index (χ0v) is 11.8. The van der Waals surface area contributed by atoms with E-state index in [1.165, 1.54) is 18.2 Å². The summed E-state index contributed by atoms with van der Waals surface area (Å²) in [7, 11) is 0. The first kappa shape index (κ1) is 17.1. The third kappa shape index (κ3) is 5.99. The fourth-order valence-electron chi connectivity index (χ4n) is 1.51. The summed E-state index contributed by atoms with van der Waals surface area (Å²) >= 11 is 0. The smallest absolute Gasteiger partial charge is 0.305 e. The Morgan fingerprint density at radius 1 is 1.32 bits per heavy atom. The predicted octanol–water partition coefficient (Wildman–Crippen LogP) is -0.751. The number of carbonyl (C=O) groups excluding carboxylic acids is 1. The van der Waals surface area contributed by atoms with Crippen LogP contribution in [0.25, 0.3) is 0 Å². The van der Waals surface area contributed by atoms with Gasteiger partial charge in [0.15, 0.2) is 5.96 Å². The maximum absolute atomic E-state index is 11.7. The highest BCUT2D eigenvalue weighted by atomic mass is 16.5. The molecule has 120 valence electrons. The molecule has 9 heteroatoms. The Labute approximate surface area is 126 Å². The predicted molar refractivity (Wildman–Crippen MR) is 78.9 cm³/mol. The van der Waals surface area contributed by atoms with E-state index in [2.05, 4.69) is 10.3 Å². The van der Waals surface area contributed by atoms with Crippen molar-refractivity contribution < 1.29 is 24.5 Å². The number of carboxylic acids is 1. The molecule has 0 aliphatic heterocycles. The molecule has 0 saturated carbocycles. The molecule has 1 amide bonds. The molecule has 1 aromatic rings. The van der Waals surface area contributed by atoms with Gasteiger partial charge in [0.2, 0.25) is 0 Å². The van der Waals surface area contributed by atoms with Gasteiger partial charge in [0.1, 0.15) is 18.1 Å². The molecular formula is C13H18N4O5. The summed E-state index contributed by atoms with van der Waals surface area (Å²) in [5.74, 6) is -1.54. The lowest BCUT2D eigenvalue weighted by atomic mass is 10.1. The number of ether oxygens (including phenoxy) is 1. The van der Waals surface area contributed by atoms with Crippen molar-refractivity contribution in [2.75, 3.05) is 19.7 Å². The minimum Gasteiger partial charge on any atom is -0.507 e. The Morgan fingerprint density at radius 3 is 2.64 bits per heavy atom. The third-order valence-electron chi connectivity index (χ3n) is 2.49.